The average Bonchev–Trinajstić information content (AvgIpc) is 3.19. The van der Waals surface area contributed by atoms with Crippen LogP contribution in [0.4, 0.5) is 0 Å². The maximum atomic E-state index is 12.3. The molecule has 0 saturated carbocycles. The molecule has 180 valence electrons. The van der Waals surface area contributed by atoms with E-state index in [1.807, 2.05) is 31.2 Å². The monoisotopic (exact) mass is 521 g/mol. The molecule has 0 spiro atoms. The highest BCUT2D eigenvalue weighted by atomic mass is 32.2. The van der Waals surface area contributed by atoms with Gasteiger partial charge in [-0.15, -0.1) is 23.1 Å². The molecule has 0 radical (unpaired) electrons. The number of carboxylic acid groups (broad SMARTS) is 1. The number of thioether (sulfide) groups is 2. The maximum Gasteiger partial charge on any atom is 0.352 e. The Bertz CT molecular complexity index is 1150. The Kier molecular flexibility index (Phi) is 7.51. The zero-order valence-electron chi connectivity index (χ0n) is 18.5. The summed E-state index contributed by atoms with van der Waals surface area (Å²) in [5.41, 5.74) is 8.08. The van der Waals surface area contributed by atoms with E-state index in [9.17, 15) is 19.5 Å². The van der Waals surface area contributed by atoms with Crippen LogP contribution in [-0.2, 0) is 32.1 Å². The number of rotatable bonds is 9. The summed E-state index contributed by atoms with van der Waals surface area (Å²) in [4.78, 5) is 42.8. The van der Waals surface area contributed by atoms with Crippen LogP contribution in [0.1, 0.15) is 16.1 Å². The van der Waals surface area contributed by atoms with Crippen LogP contribution in [0.2, 0.25) is 0 Å². The minimum atomic E-state index is -1.13. The summed E-state index contributed by atoms with van der Waals surface area (Å²) >= 11 is 4.25. The van der Waals surface area contributed by atoms with Gasteiger partial charge in [0.25, 0.3) is 0 Å². The van der Waals surface area contributed by atoms with Crippen molar-refractivity contribution in [2.24, 2.45) is 5.73 Å². The number of nitrogens with two attached hydrogens (primary N) is 1. The second kappa shape index (κ2) is 10.4. The highest BCUT2D eigenvalue weighted by molar-refractivity contribution is 8.01. The van der Waals surface area contributed by atoms with Crippen LogP contribution in [0, 0.1) is 6.92 Å². The van der Waals surface area contributed by atoms with Crippen molar-refractivity contribution in [3.05, 3.63) is 51.7 Å². The predicted octanol–water partition coefficient (Wildman–Crippen LogP) is 2.42. The molecule has 2 atom stereocenters. The molecule has 34 heavy (non-hydrogen) atoms. The number of methoxy groups -OCH3 is 1. The predicted molar refractivity (Wildman–Crippen MR) is 130 cm³/mol. The molecule has 2 aliphatic heterocycles. The van der Waals surface area contributed by atoms with Crippen LogP contribution < -0.4 is 10.5 Å². The van der Waals surface area contributed by atoms with Crippen LogP contribution in [0.25, 0.3) is 0 Å². The topological polar surface area (TPSA) is 132 Å². The van der Waals surface area contributed by atoms with E-state index in [-0.39, 0.29) is 36.0 Å². The number of fused-ring (bicyclic) bond motifs is 1. The Balaban J connectivity index is 1.35. The van der Waals surface area contributed by atoms with Crippen molar-refractivity contribution in [2.45, 2.75) is 35.7 Å². The Morgan fingerprint density at radius 3 is 2.74 bits per heavy atom. The van der Waals surface area contributed by atoms with Crippen molar-refractivity contribution < 1.29 is 29.0 Å². The maximum absolute atomic E-state index is 12.3. The fourth-order valence-electron chi connectivity index (χ4n) is 3.53. The van der Waals surface area contributed by atoms with E-state index < -0.39 is 12.0 Å². The zero-order chi connectivity index (χ0) is 24.4. The number of hydrogen-bond donors (Lipinski definition) is 2. The van der Waals surface area contributed by atoms with Crippen molar-refractivity contribution in [3.63, 3.8) is 0 Å². The summed E-state index contributed by atoms with van der Waals surface area (Å²) in [6.07, 6.45) is 0.112. The molecular weight excluding hydrogens is 498 g/mol. The Labute approximate surface area is 208 Å². The molecule has 12 heteroatoms. The summed E-state index contributed by atoms with van der Waals surface area (Å²) in [7, 11) is 1.59. The van der Waals surface area contributed by atoms with E-state index in [1.165, 1.54) is 39.8 Å². The molecule has 2 aromatic rings. The SMILES string of the molecule is COc1ccc(COC(=O)Cc2sc(SCC3=C(C(=O)O)N4C(=O)C(N)[C@H]4SC3)nc2C)cc1. The summed E-state index contributed by atoms with van der Waals surface area (Å²) in [5.74, 6) is -0.231. The largest absolute Gasteiger partial charge is 0.497 e. The number of hydrogen-bond acceptors (Lipinski definition) is 10. The molecule has 0 aliphatic carbocycles. The Morgan fingerprint density at radius 1 is 1.32 bits per heavy atom. The lowest BCUT2D eigenvalue weighted by Gasteiger charge is -2.48. The number of β-lactam (4-membered cyclic amide) rings is 1. The number of amides is 1. The molecule has 1 aromatic carbocycles. The number of esters is 1. The van der Waals surface area contributed by atoms with Gasteiger partial charge in [0.1, 0.15) is 29.5 Å². The van der Waals surface area contributed by atoms with Crippen molar-refractivity contribution in [1.29, 1.82) is 0 Å². The first-order valence-corrected chi connectivity index (χ1v) is 13.2. The summed E-state index contributed by atoms with van der Waals surface area (Å²) in [6, 6.07) is 6.64. The number of thiazole rings is 1. The van der Waals surface area contributed by atoms with Gasteiger partial charge in [0.05, 0.1) is 19.2 Å². The number of carbonyl (C=O) groups is 3. The molecule has 2 aliphatic rings. The first kappa shape index (κ1) is 24.6. The number of ether oxygens (including phenoxy) is 2. The third-order valence-electron chi connectivity index (χ3n) is 5.40. The summed E-state index contributed by atoms with van der Waals surface area (Å²) in [5, 5.41) is 9.34. The second-order valence-electron chi connectivity index (χ2n) is 7.66. The third kappa shape index (κ3) is 5.09. The highest BCUT2D eigenvalue weighted by Gasteiger charge is 2.51. The normalized spacial score (nSPS) is 19.5. The highest BCUT2D eigenvalue weighted by Crippen LogP contribution is 2.41. The molecule has 0 bridgehead atoms. The van der Waals surface area contributed by atoms with Gasteiger partial charge >= 0.3 is 11.9 Å². The minimum Gasteiger partial charge on any atom is -0.497 e. The molecule has 1 unspecified atom stereocenters. The summed E-state index contributed by atoms with van der Waals surface area (Å²) in [6.45, 7) is 2.00. The van der Waals surface area contributed by atoms with Gasteiger partial charge < -0.3 is 20.3 Å². The fourth-order valence-corrected chi connectivity index (χ4v) is 7.19. The number of benzene rings is 1. The number of aryl methyl sites for hydroxylation is 1. The van der Waals surface area contributed by atoms with Crippen LogP contribution in [-0.4, -0.2) is 62.9 Å². The lowest BCUT2D eigenvalue weighted by molar-refractivity contribution is -0.147. The van der Waals surface area contributed by atoms with Crippen LogP contribution in [0.15, 0.2) is 39.9 Å². The van der Waals surface area contributed by atoms with Gasteiger partial charge in [-0.2, -0.15) is 0 Å². The zero-order valence-corrected chi connectivity index (χ0v) is 20.9. The van der Waals surface area contributed by atoms with Gasteiger partial charge in [-0.05, 0) is 30.2 Å². The number of carboxylic acids is 1. The van der Waals surface area contributed by atoms with Gasteiger partial charge in [-0.1, -0.05) is 23.9 Å². The van der Waals surface area contributed by atoms with Crippen molar-refractivity contribution in [2.75, 3.05) is 18.6 Å². The first-order chi connectivity index (χ1) is 16.3. The van der Waals surface area contributed by atoms with Gasteiger partial charge in [-0.25, -0.2) is 9.78 Å². The number of carbonyl (C=O) groups excluding carboxylic acids is 2. The lowest BCUT2D eigenvalue weighted by Crippen LogP contribution is -2.68. The molecule has 1 aromatic heterocycles. The van der Waals surface area contributed by atoms with Gasteiger partial charge in [0.15, 0.2) is 4.34 Å². The van der Waals surface area contributed by atoms with Gasteiger partial charge in [0.2, 0.25) is 5.91 Å². The van der Waals surface area contributed by atoms with Crippen LogP contribution in [0.3, 0.4) is 0 Å². The van der Waals surface area contributed by atoms with Crippen LogP contribution >= 0.6 is 34.9 Å². The van der Waals surface area contributed by atoms with Crippen molar-refractivity contribution in [3.8, 4) is 5.75 Å². The number of aliphatic carboxylic acids is 1. The van der Waals surface area contributed by atoms with Crippen LogP contribution in [0.5, 0.6) is 5.75 Å². The minimum absolute atomic E-state index is 0.0264. The third-order valence-corrected chi connectivity index (χ3v) is 9.14. The molecule has 3 N–H and O–H groups in total. The standard InChI is InChI=1S/C22H23N3O6S3/c1-11-15(7-16(26)31-8-12-3-5-14(30-2)6-4-12)34-22(24-11)33-10-13-9-32-20-17(23)19(27)25(20)18(13)21(28)29/h3-6,17,20H,7-10,23H2,1-2H3,(H,28,29)/t17?,20-/m1/s1. The quantitative estimate of drug-likeness (QED) is 0.288. The number of aromatic nitrogens is 1. The molecule has 4 rings (SSSR count). The fraction of sp³-hybridized carbons (Fsp3) is 0.364. The van der Waals surface area contributed by atoms with Gasteiger partial charge in [-0.3, -0.25) is 14.5 Å². The Morgan fingerprint density at radius 2 is 2.06 bits per heavy atom. The van der Waals surface area contributed by atoms with Gasteiger partial charge in [0, 0.05) is 16.4 Å². The molecule has 9 nitrogen and oxygen atoms in total. The van der Waals surface area contributed by atoms with Crippen molar-refractivity contribution >= 4 is 52.7 Å². The first-order valence-electron chi connectivity index (χ1n) is 10.3. The van der Waals surface area contributed by atoms with E-state index in [2.05, 4.69) is 4.98 Å². The summed E-state index contributed by atoms with van der Waals surface area (Å²) < 4.78 is 11.2. The average molecular weight is 522 g/mol. The smallest absolute Gasteiger partial charge is 0.352 e. The van der Waals surface area contributed by atoms with E-state index in [4.69, 9.17) is 15.2 Å². The lowest BCUT2D eigenvalue weighted by atomic mass is 10.0. The van der Waals surface area contributed by atoms with E-state index in [0.717, 1.165) is 26.2 Å². The molecule has 3 heterocycles. The molecular formula is C22H23N3O6S3. The molecule has 1 amide bonds. The van der Waals surface area contributed by atoms with Crippen molar-refractivity contribution in [1.82, 2.24) is 9.88 Å². The molecule has 1 fully saturated rings. The number of nitrogens with zero attached hydrogens (tertiary/aromatic N) is 2. The Hall–Kier alpha value is -2.54. The second-order valence-corrected chi connectivity index (χ2v) is 11.1. The van der Waals surface area contributed by atoms with E-state index in [1.54, 1.807) is 7.11 Å². The van der Waals surface area contributed by atoms with E-state index in [0.29, 0.717) is 17.1 Å². The molecule has 1 saturated heterocycles. The van der Waals surface area contributed by atoms with E-state index >= 15 is 0 Å².